The van der Waals surface area contributed by atoms with Gasteiger partial charge in [0.05, 0.1) is 6.10 Å². The molecule has 4 aromatic carbocycles. The summed E-state index contributed by atoms with van der Waals surface area (Å²) in [5.74, 6) is -0.937. The first-order chi connectivity index (χ1) is 15.0. The summed E-state index contributed by atoms with van der Waals surface area (Å²) < 4.78 is 5.42. The van der Waals surface area contributed by atoms with Gasteiger partial charge in [-0.2, -0.15) is 0 Å². The van der Waals surface area contributed by atoms with Gasteiger partial charge < -0.3 is 10.1 Å². The summed E-state index contributed by atoms with van der Waals surface area (Å²) in [7, 11) is 0. The Bertz CT molecular complexity index is 1240. The second-order valence-electron chi connectivity index (χ2n) is 7.56. The average molecular weight is 409 g/mol. The molecule has 4 nitrogen and oxygen atoms in total. The summed E-state index contributed by atoms with van der Waals surface area (Å²) in [5, 5.41) is 6.85. The van der Waals surface area contributed by atoms with Crippen LogP contribution in [-0.4, -0.2) is 18.0 Å². The molecule has 4 rings (SSSR count). The molecule has 1 amide bonds. The zero-order valence-electron chi connectivity index (χ0n) is 17.5. The topological polar surface area (TPSA) is 55.4 Å². The molecule has 0 aromatic heterocycles. The van der Waals surface area contributed by atoms with Crippen LogP contribution in [-0.2, 0) is 9.53 Å². The van der Waals surface area contributed by atoms with Crippen LogP contribution in [0.3, 0.4) is 0 Å². The third-order valence-corrected chi connectivity index (χ3v) is 4.95. The third-order valence-electron chi connectivity index (χ3n) is 4.95. The standard InChI is InChI=1S/C27H23NO3/c1-18(2)31-27(30)25(28-26(29)19-10-4-3-5-11-19)17-24-22-14-8-6-12-20(22)16-21-13-7-9-15-23(21)24/h3-18H,1-2H3,(H,28,29)/b25-17-. The van der Waals surface area contributed by atoms with Gasteiger partial charge in [0.25, 0.3) is 5.91 Å². The summed E-state index contributed by atoms with van der Waals surface area (Å²) in [6, 6.07) is 26.9. The molecule has 154 valence electrons. The van der Waals surface area contributed by atoms with Crippen LogP contribution in [0, 0.1) is 0 Å². The summed E-state index contributed by atoms with van der Waals surface area (Å²) in [5.41, 5.74) is 1.43. The highest BCUT2D eigenvalue weighted by Crippen LogP contribution is 2.30. The van der Waals surface area contributed by atoms with E-state index in [9.17, 15) is 9.59 Å². The number of carbonyl (C=O) groups excluding carboxylic acids is 2. The molecule has 0 bridgehead atoms. The van der Waals surface area contributed by atoms with Crippen LogP contribution < -0.4 is 5.32 Å². The highest BCUT2D eigenvalue weighted by Gasteiger charge is 2.18. The van der Waals surface area contributed by atoms with Crippen molar-refractivity contribution in [3.63, 3.8) is 0 Å². The molecule has 4 aromatic rings. The molecule has 0 heterocycles. The first-order valence-electron chi connectivity index (χ1n) is 10.2. The lowest BCUT2D eigenvalue weighted by atomic mass is 9.96. The molecule has 0 aliphatic carbocycles. The lowest BCUT2D eigenvalue weighted by Crippen LogP contribution is -2.29. The molecule has 0 saturated heterocycles. The van der Waals surface area contributed by atoms with Crippen molar-refractivity contribution in [3.8, 4) is 0 Å². The van der Waals surface area contributed by atoms with E-state index in [1.54, 1.807) is 44.2 Å². The second-order valence-corrected chi connectivity index (χ2v) is 7.56. The number of rotatable bonds is 5. The fourth-order valence-corrected chi connectivity index (χ4v) is 3.56. The molecular weight excluding hydrogens is 386 g/mol. The molecule has 1 N–H and O–H groups in total. The maximum absolute atomic E-state index is 12.9. The van der Waals surface area contributed by atoms with Gasteiger partial charge in [-0.25, -0.2) is 4.79 Å². The van der Waals surface area contributed by atoms with Crippen molar-refractivity contribution in [2.45, 2.75) is 20.0 Å². The van der Waals surface area contributed by atoms with E-state index < -0.39 is 5.97 Å². The van der Waals surface area contributed by atoms with E-state index >= 15 is 0 Å². The highest BCUT2D eigenvalue weighted by atomic mass is 16.5. The van der Waals surface area contributed by atoms with Crippen LogP contribution in [0.1, 0.15) is 29.8 Å². The van der Waals surface area contributed by atoms with Crippen molar-refractivity contribution in [1.29, 1.82) is 0 Å². The molecule has 0 saturated carbocycles. The predicted octanol–water partition coefficient (Wildman–Crippen LogP) is 5.72. The van der Waals surface area contributed by atoms with E-state index in [4.69, 9.17) is 4.74 Å². The van der Waals surface area contributed by atoms with Gasteiger partial charge in [0.2, 0.25) is 0 Å². The number of nitrogens with one attached hydrogen (secondary N) is 1. The minimum Gasteiger partial charge on any atom is -0.458 e. The van der Waals surface area contributed by atoms with Gasteiger partial charge in [-0.3, -0.25) is 4.79 Å². The van der Waals surface area contributed by atoms with E-state index in [1.165, 1.54) is 0 Å². The quantitative estimate of drug-likeness (QED) is 0.261. The fourth-order valence-electron chi connectivity index (χ4n) is 3.56. The Morgan fingerprint density at radius 3 is 1.94 bits per heavy atom. The number of hydrogen-bond acceptors (Lipinski definition) is 3. The van der Waals surface area contributed by atoms with Crippen LogP contribution in [0.25, 0.3) is 27.6 Å². The van der Waals surface area contributed by atoms with Crippen LogP contribution >= 0.6 is 0 Å². The molecule has 4 heteroatoms. The number of ether oxygens (including phenoxy) is 1. The Hall–Kier alpha value is -3.92. The van der Waals surface area contributed by atoms with Gasteiger partial charge in [-0.05, 0) is 65.2 Å². The molecular formula is C27H23NO3. The molecule has 0 aliphatic heterocycles. The molecule has 0 radical (unpaired) electrons. The first kappa shape index (κ1) is 20.4. The summed E-state index contributed by atoms with van der Waals surface area (Å²) >= 11 is 0. The monoisotopic (exact) mass is 409 g/mol. The number of esters is 1. The van der Waals surface area contributed by atoms with Gasteiger partial charge in [-0.1, -0.05) is 66.7 Å². The van der Waals surface area contributed by atoms with Gasteiger partial charge in [-0.15, -0.1) is 0 Å². The predicted molar refractivity (Wildman–Crippen MR) is 125 cm³/mol. The average Bonchev–Trinajstić information content (AvgIpc) is 2.78. The normalized spacial score (nSPS) is 11.6. The minimum atomic E-state index is -0.573. The second kappa shape index (κ2) is 8.84. The van der Waals surface area contributed by atoms with Crippen molar-refractivity contribution < 1.29 is 14.3 Å². The van der Waals surface area contributed by atoms with E-state index in [0.717, 1.165) is 27.1 Å². The van der Waals surface area contributed by atoms with E-state index in [-0.39, 0.29) is 17.7 Å². The number of carbonyl (C=O) groups is 2. The van der Waals surface area contributed by atoms with Crippen molar-refractivity contribution in [2.75, 3.05) is 0 Å². The molecule has 0 aliphatic rings. The lowest BCUT2D eigenvalue weighted by molar-refractivity contribution is -0.142. The van der Waals surface area contributed by atoms with Crippen LogP contribution in [0.4, 0.5) is 0 Å². The summed E-state index contributed by atoms with van der Waals surface area (Å²) in [4.78, 5) is 25.7. The number of amides is 1. The third kappa shape index (κ3) is 4.48. The molecule has 0 unspecified atom stereocenters. The Morgan fingerprint density at radius 1 is 0.806 bits per heavy atom. The molecule has 0 fully saturated rings. The summed E-state index contributed by atoms with van der Waals surface area (Å²) in [6.07, 6.45) is 1.41. The fraction of sp³-hybridized carbons (Fsp3) is 0.111. The van der Waals surface area contributed by atoms with Crippen molar-refractivity contribution in [2.24, 2.45) is 0 Å². The van der Waals surface area contributed by atoms with E-state index in [1.807, 2.05) is 54.6 Å². The Labute approximate surface area is 181 Å². The number of hydrogen-bond donors (Lipinski definition) is 1. The van der Waals surface area contributed by atoms with Gasteiger partial charge >= 0.3 is 5.97 Å². The van der Waals surface area contributed by atoms with E-state index in [2.05, 4.69) is 11.4 Å². The minimum absolute atomic E-state index is 0.101. The summed E-state index contributed by atoms with van der Waals surface area (Å²) in [6.45, 7) is 3.56. The molecule has 31 heavy (non-hydrogen) atoms. The molecule has 0 atom stereocenters. The largest absolute Gasteiger partial charge is 0.458 e. The maximum atomic E-state index is 12.9. The van der Waals surface area contributed by atoms with Gasteiger partial charge in [0.15, 0.2) is 0 Å². The van der Waals surface area contributed by atoms with E-state index in [0.29, 0.717) is 5.56 Å². The number of fused-ring (bicyclic) bond motifs is 2. The maximum Gasteiger partial charge on any atom is 0.355 e. The molecule has 0 spiro atoms. The SMILES string of the molecule is CC(C)OC(=O)/C(=C/c1c2ccccc2cc2ccccc12)NC(=O)c1ccccc1. The van der Waals surface area contributed by atoms with Crippen molar-refractivity contribution in [1.82, 2.24) is 5.32 Å². The van der Waals surface area contributed by atoms with Crippen molar-refractivity contribution in [3.05, 3.63) is 102 Å². The van der Waals surface area contributed by atoms with Crippen LogP contribution in [0.15, 0.2) is 90.6 Å². The highest BCUT2D eigenvalue weighted by molar-refractivity contribution is 6.10. The first-order valence-corrected chi connectivity index (χ1v) is 10.2. The Balaban J connectivity index is 1.88. The van der Waals surface area contributed by atoms with Crippen molar-refractivity contribution >= 4 is 39.5 Å². The smallest absolute Gasteiger partial charge is 0.355 e. The van der Waals surface area contributed by atoms with Gasteiger partial charge in [0.1, 0.15) is 5.70 Å². The van der Waals surface area contributed by atoms with Gasteiger partial charge in [0, 0.05) is 5.56 Å². The zero-order valence-corrected chi connectivity index (χ0v) is 17.5. The lowest BCUT2D eigenvalue weighted by Gasteiger charge is -2.14. The van der Waals surface area contributed by atoms with Crippen LogP contribution in [0.2, 0.25) is 0 Å². The zero-order chi connectivity index (χ0) is 21.8. The Morgan fingerprint density at radius 2 is 1.35 bits per heavy atom. The van der Waals surface area contributed by atoms with Crippen LogP contribution in [0.5, 0.6) is 0 Å². The Kier molecular flexibility index (Phi) is 5.80. The number of benzene rings is 4.